The molecule has 2 amide bonds. The van der Waals surface area contributed by atoms with Crippen LogP contribution in [0.25, 0.3) is 15.9 Å². The van der Waals surface area contributed by atoms with Crippen molar-refractivity contribution in [2.75, 3.05) is 26.5 Å². The number of benzene rings is 2. The molecule has 0 bridgehead atoms. The number of rotatable bonds is 6. The van der Waals surface area contributed by atoms with Gasteiger partial charge in [0.2, 0.25) is 5.91 Å². The van der Waals surface area contributed by atoms with Crippen LogP contribution in [0.1, 0.15) is 15.2 Å². The second kappa shape index (κ2) is 10.4. The maximum Gasteiger partial charge on any atom is 0.337 e. The number of thiophene rings is 1. The number of aryl methyl sites for hydroxylation is 1. The zero-order valence-electron chi connectivity index (χ0n) is 20.3. The molecule has 4 aromatic rings. The van der Waals surface area contributed by atoms with Crippen LogP contribution in [0.5, 0.6) is 5.75 Å². The number of carbonyl (C=O) groups excluding carboxylic acids is 2. The molecule has 9 nitrogen and oxygen atoms in total. The predicted molar refractivity (Wildman–Crippen MR) is 146 cm³/mol. The van der Waals surface area contributed by atoms with Crippen molar-refractivity contribution in [3.8, 4) is 11.4 Å². The third-order valence-electron chi connectivity index (χ3n) is 5.63. The third-order valence-corrected chi connectivity index (χ3v) is 7.67. The molecule has 0 aliphatic carbocycles. The molecule has 0 spiro atoms. The van der Waals surface area contributed by atoms with Crippen molar-refractivity contribution >= 4 is 62.3 Å². The van der Waals surface area contributed by atoms with E-state index in [1.54, 1.807) is 45.3 Å². The van der Waals surface area contributed by atoms with E-state index in [2.05, 4.69) is 5.32 Å². The lowest BCUT2D eigenvalue weighted by atomic mass is 10.2. The Bertz CT molecular complexity index is 1670. The van der Waals surface area contributed by atoms with E-state index in [4.69, 9.17) is 27.9 Å². The van der Waals surface area contributed by atoms with Crippen molar-refractivity contribution in [3.63, 3.8) is 0 Å². The Morgan fingerprint density at radius 3 is 2.46 bits per heavy atom. The molecule has 0 saturated carbocycles. The van der Waals surface area contributed by atoms with Crippen molar-refractivity contribution in [2.24, 2.45) is 0 Å². The summed E-state index contributed by atoms with van der Waals surface area (Å²) in [7, 11) is 4.69. The standard InChI is InChI=1S/C25H22Cl2N4O5S/c1-13-20-22(33)31(15-8-9-17(26)18(27)11-15)25(35)30(24(20)37-21(13)23(34)29(2)3)12-19(32)28-14-6-5-7-16(10-14)36-4/h5-11H,12H2,1-4H3,(H,28,32). The largest absolute Gasteiger partial charge is 0.497 e. The van der Waals surface area contributed by atoms with Crippen LogP contribution in [0, 0.1) is 6.92 Å². The molecule has 0 fully saturated rings. The lowest BCUT2D eigenvalue weighted by Crippen LogP contribution is -2.40. The number of methoxy groups -OCH3 is 1. The Hall–Kier alpha value is -3.60. The molecule has 2 aromatic carbocycles. The zero-order valence-corrected chi connectivity index (χ0v) is 22.6. The number of hydrogen-bond acceptors (Lipinski definition) is 6. The van der Waals surface area contributed by atoms with Crippen LogP contribution < -0.4 is 21.3 Å². The highest BCUT2D eigenvalue weighted by Gasteiger charge is 2.25. The van der Waals surface area contributed by atoms with Crippen LogP contribution in [-0.2, 0) is 11.3 Å². The van der Waals surface area contributed by atoms with E-state index in [0.717, 1.165) is 15.9 Å². The molecule has 0 saturated heterocycles. The summed E-state index contributed by atoms with van der Waals surface area (Å²) >= 11 is 13.2. The number of nitrogens with one attached hydrogen (secondary N) is 1. The molecular weight excluding hydrogens is 539 g/mol. The van der Waals surface area contributed by atoms with Crippen molar-refractivity contribution in [1.29, 1.82) is 0 Å². The van der Waals surface area contributed by atoms with Gasteiger partial charge in [0.25, 0.3) is 11.5 Å². The van der Waals surface area contributed by atoms with E-state index in [0.29, 0.717) is 21.9 Å². The summed E-state index contributed by atoms with van der Waals surface area (Å²) in [6.45, 7) is 1.23. The van der Waals surface area contributed by atoms with Crippen LogP contribution >= 0.6 is 34.5 Å². The van der Waals surface area contributed by atoms with Gasteiger partial charge in [0.1, 0.15) is 17.1 Å². The Morgan fingerprint density at radius 1 is 1.08 bits per heavy atom. The number of nitrogens with zero attached hydrogens (tertiary/aromatic N) is 3. The quantitative estimate of drug-likeness (QED) is 0.381. The molecule has 2 heterocycles. The number of halogens is 2. The highest BCUT2D eigenvalue weighted by atomic mass is 35.5. The molecule has 0 aliphatic heterocycles. The van der Waals surface area contributed by atoms with E-state index in [9.17, 15) is 19.2 Å². The van der Waals surface area contributed by atoms with Gasteiger partial charge < -0.3 is 15.0 Å². The van der Waals surface area contributed by atoms with Crippen molar-refractivity contribution in [3.05, 3.63) is 83.8 Å². The molecule has 12 heteroatoms. The summed E-state index contributed by atoms with van der Waals surface area (Å²) < 4.78 is 7.29. The highest BCUT2D eigenvalue weighted by Crippen LogP contribution is 2.30. The Morgan fingerprint density at radius 2 is 1.81 bits per heavy atom. The lowest BCUT2D eigenvalue weighted by Gasteiger charge is -2.13. The summed E-state index contributed by atoms with van der Waals surface area (Å²) in [6.07, 6.45) is 0. The van der Waals surface area contributed by atoms with Gasteiger partial charge in [0, 0.05) is 25.8 Å². The second-order valence-electron chi connectivity index (χ2n) is 8.32. The van der Waals surface area contributed by atoms with Crippen LogP contribution in [0.4, 0.5) is 5.69 Å². The summed E-state index contributed by atoms with van der Waals surface area (Å²) in [5, 5.41) is 3.30. The molecule has 0 aliphatic rings. The van der Waals surface area contributed by atoms with Crippen molar-refractivity contribution in [2.45, 2.75) is 13.5 Å². The number of ether oxygens (including phenoxy) is 1. The Kier molecular flexibility index (Phi) is 7.44. The van der Waals surface area contributed by atoms with E-state index >= 15 is 0 Å². The van der Waals surface area contributed by atoms with Gasteiger partial charge in [-0.1, -0.05) is 29.3 Å². The second-order valence-corrected chi connectivity index (χ2v) is 10.1. The minimum absolute atomic E-state index is 0.151. The normalized spacial score (nSPS) is 11.0. The molecule has 0 radical (unpaired) electrons. The zero-order chi connectivity index (χ0) is 27.0. The van der Waals surface area contributed by atoms with Gasteiger partial charge in [-0.25, -0.2) is 9.36 Å². The lowest BCUT2D eigenvalue weighted by molar-refractivity contribution is -0.116. The van der Waals surface area contributed by atoms with Crippen molar-refractivity contribution in [1.82, 2.24) is 14.0 Å². The molecule has 192 valence electrons. The van der Waals surface area contributed by atoms with Gasteiger partial charge in [-0.2, -0.15) is 0 Å². The fraction of sp³-hybridized carbons (Fsp3) is 0.200. The SMILES string of the molecule is COc1cccc(NC(=O)Cn2c(=O)n(-c3ccc(Cl)c(Cl)c3)c(=O)c3c(C)c(C(=O)N(C)C)sc32)c1. The molecule has 1 N–H and O–H groups in total. The number of fused-ring (bicyclic) bond motifs is 1. The van der Waals surface area contributed by atoms with Crippen LogP contribution in [0.2, 0.25) is 10.0 Å². The van der Waals surface area contributed by atoms with Gasteiger partial charge in [0.05, 0.1) is 33.1 Å². The van der Waals surface area contributed by atoms with Crippen LogP contribution in [0.15, 0.2) is 52.1 Å². The minimum atomic E-state index is -0.762. The first-order valence-electron chi connectivity index (χ1n) is 10.9. The smallest absolute Gasteiger partial charge is 0.337 e. The van der Waals surface area contributed by atoms with Crippen LogP contribution in [0.3, 0.4) is 0 Å². The highest BCUT2D eigenvalue weighted by molar-refractivity contribution is 7.20. The summed E-state index contributed by atoms with van der Waals surface area (Å²) in [6, 6.07) is 11.1. The number of anilines is 1. The minimum Gasteiger partial charge on any atom is -0.497 e. The van der Waals surface area contributed by atoms with Crippen molar-refractivity contribution < 1.29 is 14.3 Å². The fourth-order valence-corrected chi connectivity index (χ4v) is 5.40. The topological polar surface area (TPSA) is 103 Å². The Labute approximate surface area is 225 Å². The first kappa shape index (κ1) is 26.5. The maximum atomic E-state index is 13.7. The first-order valence-corrected chi connectivity index (χ1v) is 12.5. The summed E-state index contributed by atoms with van der Waals surface area (Å²) in [5.74, 6) is -0.284. The van der Waals surface area contributed by atoms with E-state index < -0.39 is 23.7 Å². The predicted octanol–water partition coefficient (Wildman–Crippen LogP) is 4.18. The van der Waals surface area contributed by atoms with Gasteiger partial charge >= 0.3 is 5.69 Å². The van der Waals surface area contributed by atoms with Crippen LogP contribution in [-0.4, -0.2) is 47.1 Å². The maximum absolute atomic E-state index is 13.7. The average molecular weight is 561 g/mol. The van der Waals surface area contributed by atoms with Gasteiger partial charge in [0.15, 0.2) is 0 Å². The third kappa shape index (κ3) is 5.00. The summed E-state index contributed by atoms with van der Waals surface area (Å²) in [4.78, 5) is 55.0. The first-order chi connectivity index (χ1) is 17.5. The number of aromatic nitrogens is 2. The number of carbonyl (C=O) groups is 2. The van der Waals surface area contributed by atoms with Gasteiger partial charge in [-0.05, 0) is 42.8 Å². The molecule has 37 heavy (non-hydrogen) atoms. The molecule has 0 unspecified atom stereocenters. The molecule has 4 rings (SSSR count). The van der Waals surface area contributed by atoms with E-state index in [-0.39, 0.29) is 31.9 Å². The molecule has 0 atom stereocenters. The fourth-order valence-electron chi connectivity index (χ4n) is 3.79. The Balaban J connectivity index is 1.93. The monoisotopic (exact) mass is 560 g/mol. The number of hydrogen-bond donors (Lipinski definition) is 1. The van der Waals surface area contributed by atoms with Gasteiger partial charge in [-0.15, -0.1) is 11.3 Å². The van der Waals surface area contributed by atoms with Gasteiger partial charge in [-0.3, -0.25) is 19.0 Å². The molecular formula is C25H22Cl2N4O5S. The average Bonchev–Trinajstić information content (AvgIpc) is 3.20. The molecule has 2 aromatic heterocycles. The number of amides is 2. The summed E-state index contributed by atoms with van der Waals surface area (Å²) in [5.41, 5.74) is -0.327. The van der Waals surface area contributed by atoms with E-state index in [1.165, 1.54) is 34.8 Å². The van der Waals surface area contributed by atoms with E-state index in [1.807, 2.05) is 0 Å².